The summed E-state index contributed by atoms with van der Waals surface area (Å²) in [6.07, 6.45) is 1.07. The molecule has 0 spiro atoms. The van der Waals surface area contributed by atoms with E-state index >= 15 is 0 Å². The Morgan fingerprint density at radius 2 is 1.82 bits per heavy atom. The van der Waals surface area contributed by atoms with Gasteiger partial charge in [0.1, 0.15) is 11.5 Å². The Balaban J connectivity index is 2.21. The van der Waals surface area contributed by atoms with Gasteiger partial charge in [-0.05, 0) is 49.7 Å². The highest BCUT2D eigenvalue weighted by atomic mass is 16.5. The van der Waals surface area contributed by atoms with Crippen LogP contribution in [0.25, 0.3) is 0 Å². The van der Waals surface area contributed by atoms with Crippen molar-refractivity contribution in [2.45, 2.75) is 20.3 Å². The summed E-state index contributed by atoms with van der Waals surface area (Å²) < 4.78 is 10.8. The van der Waals surface area contributed by atoms with Gasteiger partial charge in [-0.25, -0.2) is 0 Å². The lowest BCUT2D eigenvalue weighted by molar-refractivity contribution is 0.281. The van der Waals surface area contributed by atoms with Crippen molar-refractivity contribution < 1.29 is 9.47 Å². The van der Waals surface area contributed by atoms with E-state index in [1.165, 1.54) is 0 Å². The molecule has 1 atom stereocenters. The predicted octanol–water partition coefficient (Wildman–Crippen LogP) is 2.71. The maximum atomic E-state index is 5.67. The maximum absolute atomic E-state index is 5.67. The van der Waals surface area contributed by atoms with E-state index in [2.05, 4.69) is 19.2 Å². The van der Waals surface area contributed by atoms with Crippen molar-refractivity contribution in [3.8, 4) is 11.5 Å². The van der Waals surface area contributed by atoms with Gasteiger partial charge in [-0.3, -0.25) is 0 Å². The molecule has 1 aromatic carbocycles. The van der Waals surface area contributed by atoms with E-state index in [1.807, 2.05) is 24.3 Å². The van der Waals surface area contributed by atoms with Gasteiger partial charge in [-0.1, -0.05) is 13.8 Å². The first-order valence-corrected chi connectivity index (χ1v) is 6.23. The molecule has 0 fully saturated rings. The zero-order valence-electron chi connectivity index (χ0n) is 11.0. The average Bonchev–Trinajstić information content (AvgIpc) is 2.37. The third kappa shape index (κ3) is 5.59. The van der Waals surface area contributed by atoms with E-state index in [-0.39, 0.29) is 0 Å². The number of hydrogen-bond acceptors (Lipinski definition) is 3. The molecule has 3 heteroatoms. The molecule has 0 aliphatic rings. The Bertz CT molecular complexity index is 298. The van der Waals surface area contributed by atoms with E-state index in [0.717, 1.165) is 37.6 Å². The van der Waals surface area contributed by atoms with Crippen molar-refractivity contribution in [1.29, 1.82) is 0 Å². The normalized spacial score (nSPS) is 12.2. The van der Waals surface area contributed by atoms with E-state index in [9.17, 15) is 0 Å². The molecule has 3 nitrogen and oxygen atoms in total. The summed E-state index contributed by atoms with van der Waals surface area (Å²) in [5.41, 5.74) is 0. The molecular weight excluding hydrogens is 214 g/mol. The zero-order chi connectivity index (χ0) is 12.5. The van der Waals surface area contributed by atoms with Crippen LogP contribution in [0, 0.1) is 5.92 Å². The molecule has 0 aliphatic carbocycles. The summed E-state index contributed by atoms with van der Waals surface area (Å²) in [6.45, 7) is 7.21. The van der Waals surface area contributed by atoms with E-state index in [4.69, 9.17) is 9.47 Å². The fourth-order valence-corrected chi connectivity index (χ4v) is 1.54. The zero-order valence-corrected chi connectivity index (χ0v) is 11.0. The Morgan fingerprint density at radius 3 is 2.41 bits per heavy atom. The van der Waals surface area contributed by atoms with Gasteiger partial charge in [0.05, 0.1) is 13.7 Å². The van der Waals surface area contributed by atoms with Gasteiger partial charge in [0, 0.05) is 0 Å². The van der Waals surface area contributed by atoms with Crippen LogP contribution in [0.5, 0.6) is 11.5 Å². The lowest BCUT2D eigenvalue weighted by Gasteiger charge is -2.12. The molecule has 0 heterocycles. The fourth-order valence-electron chi connectivity index (χ4n) is 1.54. The number of nitrogens with one attached hydrogen (secondary N) is 1. The van der Waals surface area contributed by atoms with Crippen LogP contribution in [0.3, 0.4) is 0 Å². The minimum absolute atomic E-state index is 0.646. The molecule has 0 radical (unpaired) electrons. The van der Waals surface area contributed by atoms with Crippen LogP contribution >= 0.6 is 0 Å². The standard InChI is InChI=1S/C14H23NO2/c1-4-15-11-12(2)9-10-17-14-7-5-13(16-3)6-8-14/h5-8,12,15H,4,9-11H2,1-3H3. The second-order valence-corrected chi connectivity index (χ2v) is 4.23. The molecule has 17 heavy (non-hydrogen) atoms. The summed E-state index contributed by atoms with van der Waals surface area (Å²) in [5.74, 6) is 2.41. The molecule has 1 aromatic rings. The Morgan fingerprint density at radius 1 is 1.18 bits per heavy atom. The van der Waals surface area contributed by atoms with Crippen LogP contribution in [0.2, 0.25) is 0 Å². The molecule has 0 saturated heterocycles. The van der Waals surface area contributed by atoms with Crippen LogP contribution in [-0.2, 0) is 0 Å². The van der Waals surface area contributed by atoms with E-state index in [1.54, 1.807) is 7.11 Å². The lowest BCUT2D eigenvalue weighted by Crippen LogP contribution is -2.21. The maximum Gasteiger partial charge on any atom is 0.119 e. The lowest BCUT2D eigenvalue weighted by atomic mass is 10.1. The number of ether oxygens (including phenoxy) is 2. The van der Waals surface area contributed by atoms with Gasteiger partial charge in [-0.2, -0.15) is 0 Å². The first-order valence-electron chi connectivity index (χ1n) is 6.23. The molecule has 0 aliphatic heterocycles. The summed E-state index contributed by atoms with van der Waals surface area (Å²) in [4.78, 5) is 0. The Hall–Kier alpha value is -1.22. The largest absolute Gasteiger partial charge is 0.497 e. The van der Waals surface area contributed by atoms with Crippen LogP contribution in [0.1, 0.15) is 20.3 Å². The molecule has 1 unspecified atom stereocenters. The third-order valence-corrected chi connectivity index (χ3v) is 2.68. The molecule has 96 valence electrons. The fraction of sp³-hybridized carbons (Fsp3) is 0.571. The van der Waals surface area contributed by atoms with Gasteiger partial charge < -0.3 is 14.8 Å². The van der Waals surface area contributed by atoms with Crippen LogP contribution < -0.4 is 14.8 Å². The smallest absolute Gasteiger partial charge is 0.119 e. The first kappa shape index (κ1) is 13.8. The number of hydrogen-bond donors (Lipinski definition) is 1. The predicted molar refractivity (Wildman–Crippen MR) is 70.8 cm³/mol. The molecule has 0 amide bonds. The average molecular weight is 237 g/mol. The molecule has 0 saturated carbocycles. The highest BCUT2D eigenvalue weighted by Crippen LogP contribution is 2.17. The number of benzene rings is 1. The SMILES string of the molecule is CCNCC(C)CCOc1ccc(OC)cc1. The highest BCUT2D eigenvalue weighted by Gasteiger charge is 2.01. The number of methoxy groups -OCH3 is 1. The van der Waals surface area contributed by atoms with Gasteiger partial charge >= 0.3 is 0 Å². The molecule has 0 bridgehead atoms. The summed E-state index contributed by atoms with van der Waals surface area (Å²) in [6, 6.07) is 7.70. The molecule has 0 aromatic heterocycles. The van der Waals surface area contributed by atoms with Gasteiger partial charge in [0.15, 0.2) is 0 Å². The quantitative estimate of drug-likeness (QED) is 0.754. The monoisotopic (exact) mass is 237 g/mol. The van der Waals surface area contributed by atoms with E-state index in [0.29, 0.717) is 5.92 Å². The van der Waals surface area contributed by atoms with Crippen LogP contribution in [-0.4, -0.2) is 26.8 Å². The molecular formula is C14H23NO2. The number of rotatable bonds is 8. The van der Waals surface area contributed by atoms with E-state index < -0.39 is 0 Å². The Labute approximate surface area is 104 Å². The van der Waals surface area contributed by atoms with Crippen molar-refractivity contribution >= 4 is 0 Å². The summed E-state index contributed by atoms with van der Waals surface area (Å²) in [7, 11) is 1.66. The topological polar surface area (TPSA) is 30.5 Å². The van der Waals surface area contributed by atoms with Crippen molar-refractivity contribution in [3.05, 3.63) is 24.3 Å². The highest BCUT2D eigenvalue weighted by molar-refractivity contribution is 5.31. The first-order chi connectivity index (χ1) is 8.26. The van der Waals surface area contributed by atoms with Crippen LogP contribution in [0.4, 0.5) is 0 Å². The van der Waals surface area contributed by atoms with Crippen molar-refractivity contribution in [1.82, 2.24) is 5.32 Å². The van der Waals surface area contributed by atoms with Crippen molar-refractivity contribution in [3.63, 3.8) is 0 Å². The molecule has 1 rings (SSSR count). The summed E-state index contributed by atoms with van der Waals surface area (Å²) >= 11 is 0. The van der Waals surface area contributed by atoms with Crippen molar-refractivity contribution in [2.24, 2.45) is 5.92 Å². The second-order valence-electron chi connectivity index (χ2n) is 4.23. The molecule has 1 N–H and O–H groups in total. The minimum atomic E-state index is 0.646. The Kier molecular flexibility index (Phi) is 6.48. The van der Waals surface area contributed by atoms with Crippen molar-refractivity contribution in [2.75, 3.05) is 26.8 Å². The van der Waals surface area contributed by atoms with Gasteiger partial charge in [0.2, 0.25) is 0 Å². The third-order valence-electron chi connectivity index (χ3n) is 2.68. The van der Waals surface area contributed by atoms with Gasteiger partial charge in [0.25, 0.3) is 0 Å². The second kappa shape index (κ2) is 7.96. The summed E-state index contributed by atoms with van der Waals surface area (Å²) in [5, 5.41) is 3.34. The van der Waals surface area contributed by atoms with Crippen LogP contribution in [0.15, 0.2) is 24.3 Å². The minimum Gasteiger partial charge on any atom is -0.497 e. The van der Waals surface area contributed by atoms with Gasteiger partial charge in [-0.15, -0.1) is 0 Å².